The van der Waals surface area contributed by atoms with Crippen molar-refractivity contribution in [3.63, 3.8) is 0 Å². The molecule has 0 aliphatic carbocycles. The number of hydrogen-bond donors (Lipinski definition) is 0. The van der Waals surface area contributed by atoms with Gasteiger partial charge in [-0.15, -0.1) is 0 Å². The van der Waals surface area contributed by atoms with Crippen LogP contribution in [0.2, 0.25) is 0 Å². The van der Waals surface area contributed by atoms with Crippen molar-refractivity contribution in [2.75, 3.05) is 0 Å². The summed E-state index contributed by atoms with van der Waals surface area (Å²) in [5, 5.41) is 0. The Morgan fingerprint density at radius 3 is 2.74 bits per heavy atom. The molecule has 0 fully saturated rings. The number of hydrogen-bond acceptors (Lipinski definition) is 2. The van der Waals surface area contributed by atoms with Crippen molar-refractivity contribution in [1.82, 2.24) is 4.98 Å². The lowest BCUT2D eigenvalue weighted by molar-refractivity contribution is 0.0990. The summed E-state index contributed by atoms with van der Waals surface area (Å²) in [4.78, 5) is 16.3. The van der Waals surface area contributed by atoms with Crippen molar-refractivity contribution in [3.05, 3.63) is 63.6 Å². The molecule has 4 heteroatoms. The van der Waals surface area contributed by atoms with Gasteiger partial charge in [0, 0.05) is 21.9 Å². The Kier molecular flexibility index (Phi) is 4.43. The van der Waals surface area contributed by atoms with Crippen LogP contribution in [0.4, 0.5) is 4.39 Å². The molecule has 2 rings (SSSR count). The van der Waals surface area contributed by atoms with Gasteiger partial charge >= 0.3 is 0 Å². The van der Waals surface area contributed by atoms with Gasteiger partial charge in [0.2, 0.25) is 0 Å². The summed E-state index contributed by atoms with van der Waals surface area (Å²) < 4.78 is 13.8. The largest absolute Gasteiger partial charge is 0.294 e. The van der Waals surface area contributed by atoms with E-state index in [1.165, 1.54) is 18.2 Å². The number of halogens is 2. The normalized spacial score (nSPS) is 10.5. The van der Waals surface area contributed by atoms with Gasteiger partial charge in [-0.1, -0.05) is 28.9 Å². The third-order valence-electron chi connectivity index (χ3n) is 2.86. The molecule has 2 aromatic rings. The van der Waals surface area contributed by atoms with E-state index in [9.17, 15) is 9.18 Å². The van der Waals surface area contributed by atoms with Crippen molar-refractivity contribution in [2.24, 2.45) is 0 Å². The van der Waals surface area contributed by atoms with Crippen LogP contribution in [0.15, 0.2) is 41.0 Å². The van der Waals surface area contributed by atoms with Gasteiger partial charge in [-0.25, -0.2) is 4.39 Å². The van der Waals surface area contributed by atoms with E-state index in [0.29, 0.717) is 15.7 Å². The Morgan fingerprint density at radius 2 is 2.11 bits per heavy atom. The maximum absolute atomic E-state index is 13.2. The van der Waals surface area contributed by atoms with Crippen LogP contribution in [0.1, 0.15) is 28.5 Å². The predicted molar refractivity (Wildman–Crippen MR) is 75.7 cm³/mol. The van der Waals surface area contributed by atoms with Crippen LogP contribution >= 0.6 is 15.9 Å². The topological polar surface area (TPSA) is 30.0 Å². The highest BCUT2D eigenvalue weighted by atomic mass is 79.9. The van der Waals surface area contributed by atoms with E-state index in [1.54, 1.807) is 6.20 Å². The van der Waals surface area contributed by atoms with Gasteiger partial charge in [-0.2, -0.15) is 0 Å². The second-order valence-corrected chi connectivity index (χ2v) is 5.09. The summed E-state index contributed by atoms with van der Waals surface area (Å²) in [6.45, 7) is 2.05. The zero-order chi connectivity index (χ0) is 13.8. The zero-order valence-electron chi connectivity index (χ0n) is 10.5. The third-order valence-corrected chi connectivity index (χ3v) is 3.56. The zero-order valence-corrected chi connectivity index (χ0v) is 12.1. The minimum Gasteiger partial charge on any atom is -0.294 e. The van der Waals surface area contributed by atoms with E-state index < -0.39 is 5.82 Å². The quantitative estimate of drug-likeness (QED) is 0.797. The number of aromatic nitrogens is 1. The molecule has 0 radical (unpaired) electrons. The molecule has 0 N–H and O–H groups in total. The Bertz CT molecular complexity index is 596. The lowest BCUT2D eigenvalue weighted by Crippen LogP contribution is -2.06. The average molecular weight is 322 g/mol. The predicted octanol–water partition coefficient (Wildman–Crippen LogP) is 3.97. The lowest BCUT2D eigenvalue weighted by atomic mass is 10.1. The Hall–Kier alpha value is -1.55. The second kappa shape index (κ2) is 6.06. The standard InChI is InChI=1S/C15H13BrFNO/c1-2-10-3-5-12(18-9-10)8-15(19)13-7-11(17)4-6-14(13)16/h3-7,9H,2,8H2,1H3. The van der Waals surface area contributed by atoms with E-state index in [0.717, 1.165) is 12.0 Å². The highest BCUT2D eigenvalue weighted by Gasteiger charge is 2.12. The molecule has 0 unspecified atom stereocenters. The number of carbonyl (C=O) groups excluding carboxylic acids is 1. The molecule has 0 spiro atoms. The van der Waals surface area contributed by atoms with E-state index in [1.807, 2.05) is 19.1 Å². The molecular formula is C15H13BrFNO. The second-order valence-electron chi connectivity index (χ2n) is 4.24. The maximum atomic E-state index is 13.2. The Balaban J connectivity index is 2.18. The molecule has 1 aromatic heterocycles. The molecule has 0 atom stereocenters. The number of benzene rings is 1. The molecule has 0 amide bonds. The maximum Gasteiger partial charge on any atom is 0.170 e. The molecule has 0 bridgehead atoms. The van der Waals surface area contributed by atoms with Crippen molar-refractivity contribution in [3.8, 4) is 0 Å². The molecule has 0 saturated carbocycles. The third kappa shape index (κ3) is 3.47. The SMILES string of the molecule is CCc1ccc(CC(=O)c2cc(F)ccc2Br)nc1. The first-order chi connectivity index (χ1) is 9.10. The fraction of sp³-hybridized carbons (Fsp3) is 0.200. The summed E-state index contributed by atoms with van der Waals surface area (Å²) >= 11 is 3.26. The number of Topliss-reactive ketones (excluding diaryl/α,β-unsaturated/α-hetero) is 1. The monoisotopic (exact) mass is 321 g/mol. The minimum atomic E-state index is -0.416. The number of ketones is 1. The smallest absolute Gasteiger partial charge is 0.170 e. The van der Waals surface area contributed by atoms with Crippen molar-refractivity contribution >= 4 is 21.7 Å². The van der Waals surface area contributed by atoms with E-state index >= 15 is 0 Å². The molecule has 98 valence electrons. The molecule has 0 aliphatic rings. The first-order valence-corrected chi connectivity index (χ1v) is 6.81. The fourth-order valence-corrected chi connectivity index (χ4v) is 2.21. The van der Waals surface area contributed by atoms with Gasteiger partial charge in [0.05, 0.1) is 6.42 Å². The number of aryl methyl sites for hydroxylation is 1. The summed E-state index contributed by atoms with van der Waals surface area (Å²) in [6, 6.07) is 7.89. The van der Waals surface area contributed by atoms with Crippen LogP contribution in [0.5, 0.6) is 0 Å². The van der Waals surface area contributed by atoms with Gasteiger partial charge in [0.1, 0.15) is 5.82 Å². The first kappa shape index (κ1) is 13.9. The molecule has 0 aliphatic heterocycles. The van der Waals surface area contributed by atoms with Crippen LogP contribution < -0.4 is 0 Å². The van der Waals surface area contributed by atoms with Crippen molar-refractivity contribution in [2.45, 2.75) is 19.8 Å². The molecular weight excluding hydrogens is 309 g/mol. The molecule has 0 saturated heterocycles. The van der Waals surface area contributed by atoms with Gasteiger partial charge in [0.25, 0.3) is 0 Å². The Morgan fingerprint density at radius 1 is 1.32 bits per heavy atom. The van der Waals surface area contributed by atoms with Crippen LogP contribution in [0.25, 0.3) is 0 Å². The van der Waals surface area contributed by atoms with Crippen LogP contribution in [0, 0.1) is 5.82 Å². The molecule has 2 nitrogen and oxygen atoms in total. The lowest BCUT2D eigenvalue weighted by Gasteiger charge is -2.04. The number of pyridine rings is 1. The highest BCUT2D eigenvalue weighted by Crippen LogP contribution is 2.19. The van der Waals surface area contributed by atoms with Crippen molar-refractivity contribution in [1.29, 1.82) is 0 Å². The summed E-state index contributed by atoms with van der Waals surface area (Å²) in [5.74, 6) is -0.566. The van der Waals surface area contributed by atoms with Gasteiger partial charge in [-0.05, 0) is 36.2 Å². The van der Waals surface area contributed by atoms with Crippen LogP contribution in [0.3, 0.4) is 0 Å². The van der Waals surface area contributed by atoms with Gasteiger partial charge in [0.15, 0.2) is 5.78 Å². The van der Waals surface area contributed by atoms with E-state index in [-0.39, 0.29) is 12.2 Å². The van der Waals surface area contributed by atoms with Gasteiger partial charge < -0.3 is 0 Å². The number of rotatable bonds is 4. The number of carbonyl (C=O) groups is 1. The van der Waals surface area contributed by atoms with E-state index in [4.69, 9.17) is 0 Å². The highest BCUT2D eigenvalue weighted by molar-refractivity contribution is 9.10. The fourth-order valence-electron chi connectivity index (χ4n) is 1.74. The van der Waals surface area contributed by atoms with E-state index in [2.05, 4.69) is 20.9 Å². The minimum absolute atomic E-state index is 0.150. The van der Waals surface area contributed by atoms with Gasteiger partial charge in [-0.3, -0.25) is 9.78 Å². The first-order valence-electron chi connectivity index (χ1n) is 6.02. The van der Waals surface area contributed by atoms with Crippen molar-refractivity contribution < 1.29 is 9.18 Å². The summed E-state index contributed by atoms with van der Waals surface area (Å²) in [7, 11) is 0. The van der Waals surface area contributed by atoms with Crippen LogP contribution in [-0.4, -0.2) is 10.8 Å². The Labute approximate surface area is 119 Å². The molecule has 19 heavy (non-hydrogen) atoms. The number of nitrogens with zero attached hydrogens (tertiary/aromatic N) is 1. The van der Waals surface area contributed by atoms with Crippen LogP contribution in [-0.2, 0) is 12.8 Å². The summed E-state index contributed by atoms with van der Waals surface area (Å²) in [6.07, 6.45) is 2.85. The summed E-state index contributed by atoms with van der Waals surface area (Å²) in [5.41, 5.74) is 2.17. The average Bonchev–Trinajstić information content (AvgIpc) is 2.42. The molecule has 1 aromatic carbocycles. The molecule has 1 heterocycles.